The molecule has 4 nitrogen and oxygen atoms in total. The second kappa shape index (κ2) is 9.24. The van der Waals surface area contributed by atoms with E-state index in [0.717, 1.165) is 18.2 Å². The molecule has 1 N–H and O–H groups in total. The number of carbonyl (C=O) groups excluding carboxylic acids is 2. The monoisotopic (exact) mass is 452 g/mol. The number of halogens is 4. The van der Waals surface area contributed by atoms with E-state index in [4.69, 9.17) is 0 Å². The lowest BCUT2D eigenvalue weighted by Crippen LogP contribution is -2.48. The summed E-state index contributed by atoms with van der Waals surface area (Å²) in [7, 11) is 1.22. The van der Waals surface area contributed by atoms with E-state index in [9.17, 15) is 32.3 Å². The van der Waals surface area contributed by atoms with Crippen molar-refractivity contribution in [3.05, 3.63) is 76.7 Å². The lowest BCUT2D eigenvalue weighted by Gasteiger charge is -2.44. The number of ketones is 1. The van der Waals surface area contributed by atoms with Gasteiger partial charge in [-0.1, -0.05) is 44.2 Å². The minimum Gasteiger partial charge on any atom is -0.466 e. The van der Waals surface area contributed by atoms with Gasteiger partial charge in [0.25, 0.3) is 0 Å². The van der Waals surface area contributed by atoms with Crippen LogP contribution in [0.2, 0.25) is 0 Å². The SMILES string of the molecule is COC(=O)/C=C(C)\C=C\[C@@]1(O)C(/C=C/c2cccc(C(F)(F)F)c2F)=CC(=O)CC1(C)C. The number of allylic oxidation sites excluding steroid dienone is 3. The Hall–Kier alpha value is -3.00. The Labute approximate surface area is 183 Å². The summed E-state index contributed by atoms with van der Waals surface area (Å²) >= 11 is 0. The van der Waals surface area contributed by atoms with E-state index < -0.39 is 34.5 Å². The summed E-state index contributed by atoms with van der Waals surface area (Å²) in [6, 6.07) is 2.87. The van der Waals surface area contributed by atoms with Crippen molar-refractivity contribution in [1.82, 2.24) is 0 Å². The van der Waals surface area contributed by atoms with Crippen LogP contribution in [0.25, 0.3) is 6.08 Å². The first-order chi connectivity index (χ1) is 14.7. The molecule has 1 atom stereocenters. The van der Waals surface area contributed by atoms with Crippen LogP contribution >= 0.6 is 0 Å². The van der Waals surface area contributed by atoms with Gasteiger partial charge in [0.05, 0.1) is 12.7 Å². The van der Waals surface area contributed by atoms with E-state index in [1.807, 2.05) is 0 Å². The third kappa shape index (κ3) is 5.43. The number of hydrogen-bond acceptors (Lipinski definition) is 4. The smallest absolute Gasteiger partial charge is 0.419 e. The second-order valence-corrected chi connectivity index (χ2v) is 8.18. The zero-order valence-electron chi connectivity index (χ0n) is 18.1. The largest absolute Gasteiger partial charge is 0.466 e. The summed E-state index contributed by atoms with van der Waals surface area (Å²) in [6.45, 7) is 4.91. The van der Waals surface area contributed by atoms with Gasteiger partial charge in [-0.25, -0.2) is 9.18 Å². The van der Waals surface area contributed by atoms with E-state index in [1.54, 1.807) is 20.8 Å². The Bertz CT molecular complexity index is 1030. The number of aliphatic hydroxyl groups is 1. The standard InChI is InChI=1S/C24H24F4O4/c1-15(12-20(30)32-4)10-11-23(31)17(13-18(29)14-22(23,2)3)9-8-16-6-5-7-19(21(16)25)24(26,27)28/h5-13,31H,14H2,1-4H3/b9-8+,11-10+,15-12-/t23-/m1/s1. The molecule has 1 aliphatic carbocycles. The van der Waals surface area contributed by atoms with E-state index in [1.165, 1.54) is 37.5 Å². The molecule has 8 heteroatoms. The second-order valence-electron chi connectivity index (χ2n) is 8.18. The lowest BCUT2D eigenvalue weighted by atomic mass is 9.64. The molecule has 172 valence electrons. The number of benzene rings is 1. The van der Waals surface area contributed by atoms with Gasteiger partial charge in [0.2, 0.25) is 0 Å². The average Bonchev–Trinajstić information content (AvgIpc) is 2.67. The number of hydrogen-bond donors (Lipinski definition) is 1. The fraction of sp³-hybridized carbons (Fsp3) is 0.333. The van der Waals surface area contributed by atoms with Gasteiger partial charge in [-0.2, -0.15) is 13.2 Å². The molecular formula is C24H24F4O4. The Morgan fingerprint density at radius 2 is 1.88 bits per heavy atom. The number of esters is 1. The highest BCUT2D eigenvalue weighted by Gasteiger charge is 2.47. The number of carbonyl (C=O) groups is 2. The van der Waals surface area contributed by atoms with Crippen molar-refractivity contribution in [1.29, 1.82) is 0 Å². The highest BCUT2D eigenvalue weighted by molar-refractivity contribution is 5.94. The summed E-state index contributed by atoms with van der Waals surface area (Å²) in [4.78, 5) is 23.6. The summed E-state index contributed by atoms with van der Waals surface area (Å²) in [5, 5.41) is 11.5. The summed E-state index contributed by atoms with van der Waals surface area (Å²) in [5.41, 5.74) is -3.92. The molecule has 0 fully saturated rings. The third-order valence-corrected chi connectivity index (χ3v) is 5.32. The van der Waals surface area contributed by atoms with Crippen LogP contribution < -0.4 is 0 Å². The molecule has 0 amide bonds. The van der Waals surface area contributed by atoms with Gasteiger partial charge >= 0.3 is 12.1 Å². The molecule has 0 radical (unpaired) electrons. The van der Waals surface area contributed by atoms with Crippen LogP contribution in [0.15, 0.2) is 59.7 Å². The molecule has 1 aromatic rings. The first-order valence-electron chi connectivity index (χ1n) is 9.68. The maximum atomic E-state index is 14.4. The van der Waals surface area contributed by atoms with Crippen molar-refractivity contribution in [3.63, 3.8) is 0 Å². The van der Waals surface area contributed by atoms with Crippen molar-refractivity contribution < 1.29 is 37.0 Å². The Morgan fingerprint density at radius 3 is 2.47 bits per heavy atom. The number of methoxy groups -OCH3 is 1. The molecule has 0 saturated carbocycles. The molecule has 0 aromatic heterocycles. The molecular weight excluding hydrogens is 428 g/mol. The number of alkyl halides is 3. The zero-order chi connectivity index (χ0) is 24.3. The summed E-state index contributed by atoms with van der Waals surface area (Å²) < 4.78 is 57.9. The zero-order valence-corrected chi connectivity index (χ0v) is 18.1. The van der Waals surface area contributed by atoms with E-state index in [-0.39, 0.29) is 23.3 Å². The van der Waals surface area contributed by atoms with Crippen LogP contribution in [-0.4, -0.2) is 29.6 Å². The minimum absolute atomic E-state index is 0.00284. The van der Waals surface area contributed by atoms with Gasteiger partial charge in [0.15, 0.2) is 5.78 Å². The van der Waals surface area contributed by atoms with Crippen LogP contribution in [0.1, 0.15) is 38.3 Å². The predicted molar refractivity (Wildman–Crippen MR) is 112 cm³/mol. The molecule has 2 rings (SSSR count). The average molecular weight is 452 g/mol. The topological polar surface area (TPSA) is 63.6 Å². The first-order valence-corrected chi connectivity index (χ1v) is 9.68. The predicted octanol–water partition coefficient (Wildman–Crippen LogP) is 5.19. The van der Waals surface area contributed by atoms with Crippen LogP contribution in [0.5, 0.6) is 0 Å². The van der Waals surface area contributed by atoms with Gasteiger partial charge in [0, 0.05) is 23.5 Å². The third-order valence-electron chi connectivity index (χ3n) is 5.32. The summed E-state index contributed by atoms with van der Waals surface area (Å²) in [6.07, 6.45) is 2.71. The van der Waals surface area contributed by atoms with Gasteiger partial charge in [-0.3, -0.25) is 4.79 Å². The first kappa shape index (κ1) is 25.3. The number of rotatable bonds is 5. The van der Waals surface area contributed by atoms with E-state index >= 15 is 0 Å². The van der Waals surface area contributed by atoms with Crippen molar-refractivity contribution in [3.8, 4) is 0 Å². The number of ether oxygens (including phenoxy) is 1. The van der Waals surface area contributed by atoms with E-state index in [2.05, 4.69) is 4.74 Å². The molecule has 0 unspecified atom stereocenters. The van der Waals surface area contributed by atoms with Crippen molar-refractivity contribution in [2.75, 3.05) is 7.11 Å². The molecule has 0 aliphatic heterocycles. The molecule has 1 aromatic carbocycles. The van der Waals surface area contributed by atoms with Crippen LogP contribution in [0, 0.1) is 11.2 Å². The fourth-order valence-electron chi connectivity index (χ4n) is 3.41. The molecule has 1 aliphatic rings. The molecule has 0 spiro atoms. The van der Waals surface area contributed by atoms with Gasteiger partial charge in [-0.15, -0.1) is 0 Å². The Kier molecular flexibility index (Phi) is 7.29. The highest BCUT2D eigenvalue weighted by Crippen LogP contribution is 2.45. The highest BCUT2D eigenvalue weighted by atomic mass is 19.4. The van der Waals surface area contributed by atoms with Crippen LogP contribution in [0.4, 0.5) is 17.6 Å². The van der Waals surface area contributed by atoms with Crippen molar-refractivity contribution >= 4 is 17.8 Å². The van der Waals surface area contributed by atoms with Crippen LogP contribution in [0.3, 0.4) is 0 Å². The van der Waals surface area contributed by atoms with Gasteiger partial charge < -0.3 is 9.84 Å². The maximum Gasteiger partial charge on any atom is 0.419 e. The molecule has 0 heterocycles. The molecule has 0 saturated heterocycles. The fourth-order valence-corrected chi connectivity index (χ4v) is 3.41. The maximum absolute atomic E-state index is 14.4. The van der Waals surface area contributed by atoms with Crippen LogP contribution in [-0.2, 0) is 20.5 Å². The quantitative estimate of drug-likeness (QED) is 0.289. The minimum atomic E-state index is -4.86. The summed E-state index contributed by atoms with van der Waals surface area (Å²) in [5.74, 6) is -2.33. The van der Waals surface area contributed by atoms with Crippen molar-refractivity contribution in [2.24, 2.45) is 5.41 Å². The van der Waals surface area contributed by atoms with E-state index in [0.29, 0.717) is 11.6 Å². The van der Waals surface area contributed by atoms with Gasteiger partial charge in [-0.05, 0) is 36.3 Å². The molecule has 32 heavy (non-hydrogen) atoms. The van der Waals surface area contributed by atoms with Crippen molar-refractivity contribution in [2.45, 2.75) is 39.0 Å². The molecule has 0 bridgehead atoms. The lowest BCUT2D eigenvalue weighted by molar-refractivity contribution is -0.140. The normalized spacial score (nSPS) is 21.8. The Balaban J connectivity index is 2.51. The Morgan fingerprint density at radius 1 is 1.22 bits per heavy atom. The van der Waals surface area contributed by atoms with Gasteiger partial charge in [0.1, 0.15) is 11.4 Å².